The number of carbonyl (C=O) groups is 1. The van der Waals surface area contributed by atoms with E-state index in [2.05, 4.69) is 29.4 Å². The Balaban J connectivity index is 2.06. The third kappa shape index (κ3) is 2.10. The molecular formula is C16H20N2O2. The second kappa shape index (κ2) is 5.29. The maximum atomic E-state index is 11.9. The van der Waals surface area contributed by atoms with Crippen molar-refractivity contribution >= 4 is 16.9 Å². The van der Waals surface area contributed by atoms with Gasteiger partial charge in [-0.25, -0.2) is 0 Å². The van der Waals surface area contributed by atoms with Gasteiger partial charge in [0.25, 0.3) is 0 Å². The number of esters is 1. The first-order chi connectivity index (χ1) is 9.74. The fourth-order valence-corrected chi connectivity index (χ4v) is 3.14. The van der Waals surface area contributed by atoms with Gasteiger partial charge in [-0.3, -0.25) is 10.1 Å². The van der Waals surface area contributed by atoms with E-state index in [9.17, 15) is 4.79 Å². The molecule has 2 heterocycles. The van der Waals surface area contributed by atoms with Crippen molar-refractivity contribution in [3.63, 3.8) is 0 Å². The molecule has 3 rings (SSSR count). The molecule has 2 N–H and O–H groups in total. The maximum Gasteiger partial charge on any atom is 0.323 e. The molecule has 2 aromatic rings. The lowest BCUT2D eigenvalue weighted by Crippen LogP contribution is -2.45. The number of para-hydroxylation sites is 1. The summed E-state index contributed by atoms with van der Waals surface area (Å²) in [7, 11) is 1.45. The third-order valence-corrected chi connectivity index (χ3v) is 4.07. The molecule has 0 radical (unpaired) electrons. The number of nitrogens with one attached hydrogen (secondary N) is 2. The predicted molar refractivity (Wildman–Crippen MR) is 78.6 cm³/mol. The van der Waals surface area contributed by atoms with Crippen LogP contribution in [0.4, 0.5) is 0 Å². The summed E-state index contributed by atoms with van der Waals surface area (Å²) in [5.74, 6) is -0.179. The smallest absolute Gasteiger partial charge is 0.323 e. The SMILES string of the molecule is CCC[C@H]1N[C@H](C(=O)OC)Cc2c1[nH]c1ccccc21. The van der Waals surface area contributed by atoms with Crippen LogP contribution in [0.15, 0.2) is 24.3 Å². The summed E-state index contributed by atoms with van der Waals surface area (Å²) in [6.45, 7) is 2.16. The summed E-state index contributed by atoms with van der Waals surface area (Å²) < 4.78 is 4.91. The van der Waals surface area contributed by atoms with Gasteiger partial charge >= 0.3 is 5.97 Å². The number of hydrogen-bond donors (Lipinski definition) is 2. The molecule has 1 aromatic heterocycles. The predicted octanol–water partition coefficient (Wildman–Crippen LogP) is 2.70. The number of methoxy groups -OCH3 is 1. The van der Waals surface area contributed by atoms with E-state index in [0.29, 0.717) is 6.42 Å². The molecule has 1 aliphatic rings. The minimum atomic E-state index is -0.247. The molecule has 0 bridgehead atoms. The highest BCUT2D eigenvalue weighted by atomic mass is 16.5. The van der Waals surface area contributed by atoms with Crippen LogP contribution in [-0.4, -0.2) is 24.1 Å². The molecule has 4 nitrogen and oxygen atoms in total. The largest absolute Gasteiger partial charge is 0.468 e. The van der Waals surface area contributed by atoms with Crippen molar-refractivity contribution in [2.45, 2.75) is 38.3 Å². The molecule has 1 aliphatic heterocycles. The number of aromatic amines is 1. The van der Waals surface area contributed by atoms with Gasteiger partial charge in [0, 0.05) is 29.1 Å². The Bertz CT molecular complexity index is 632. The van der Waals surface area contributed by atoms with E-state index in [1.165, 1.54) is 23.8 Å². The van der Waals surface area contributed by atoms with Crippen molar-refractivity contribution in [2.75, 3.05) is 7.11 Å². The summed E-state index contributed by atoms with van der Waals surface area (Å²) in [5.41, 5.74) is 3.63. The topological polar surface area (TPSA) is 54.1 Å². The molecule has 0 saturated heterocycles. The van der Waals surface area contributed by atoms with Gasteiger partial charge in [0.05, 0.1) is 7.11 Å². The fraction of sp³-hybridized carbons (Fsp3) is 0.438. The van der Waals surface area contributed by atoms with E-state index in [-0.39, 0.29) is 18.1 Å². The average molecular weight is 272 g/mol. The average Bonchev–Trinajstić information content (AvgIpc) is 2.86. The van der Waals surface area contributed by atoms with Crippen molar-refractivity contribution in [3.8, 4) is 0 Å². The summed E-state index contributed by atoms with van der Waals surface area (Å²) in [6.07, 6.45) is 2.76. The quantitative estimate of drug-likeness (QED) is 0.845. The first-order valence-corrected chi connectivity index (χ1v) is 7.18. The molecule has 0 amide bonds. The summed E-state index contributed by atoms with van der Waals surface area (Å²) in [4.78, 5) is 15.4. The van der Waals surface area contributed by atoms with Crippen molar-refractivity contribution in [1.82, 2.24) is 10.3 Å². The molecule has 0 spiro atoms. The van der Waals surface area contributed by atoms with Crippen LogP contribution in [0.5, 0.6) is 0 Å². The first-order valence-electron chi connectivity index (χ1n) is 7.18. The zero-order valence-electron chi connectivity index (χ0n) is 11.9. The van der Waals surface area contributed by atoms with E-state index in [1.54, 1.807) is 0 Å². The van der Waals surface area contributed by atoms with Crippen LogP contribution in [0, 0.1) is 0 Å². The van der Waals surface area contributed by atoms with Crippen molar-refractivity contribution in [2.24, 2.45) is 0 Å². The van der Waals surface area contributed by atoms with Crippen LogP contribution in [-0.2, 0) is 16.0 Å². The van der Waals surface area contributed by atoms with Gasteiger partial charge in [0.1, 0.15) is 6.04 Å². The monoisotopic (exact) mass is 272 g/mol. The Labute approximate surface area is 118 Å². The number of benzene rings is 1. The van der Waals surface area contributed by atoms with Gasteiger partial charge in [0.2, 0.25) is 0 Å². The second-order valence-corrected chi connectivity index (χ2v) is 5.35. The van der Waals surface area contributed by atoms with Gasteiger partial charge in [-0.15, -0.1) is 0 Å². The van der Waals surface area contributed by atoms with Crippen LogP contribution in [0.2, 0.25) is 0 Å². The lowest BCUT2D eigenvalue weighted by molar-refractivity contribution is -0.143. The zero-order chi connectivity index (χ0) is 14.1. The van der Waals surface area contributed by atoms with Crippen LogP contribution >= 0.6 is 0 Å². The van der Waals surface area contributed by atoms with Gasteiger partial charge in [0.15, 0.2) is 0 Å². The zero-order valence-corrected chi connectivity index (χ0v) is 11.9. The first kappa shape index (κ1) is 13.2. The Morgan fingerprint density at radius 3 is 2.95 bits per heavy atom. The number of ether oxygens (including phenoxy) is 1. The highest BCUT2D eigenvalue weighted by Crippen LogP contribution is 2.33. The van der Waals surface area contributed by atoms with Crippen LogP contribution in [0.3, 0.4) is 0 Å². The number of rotatable bonds is 3. The third-order valence-electron chi connectivity index (χ3n) is 4.07. The highest BCUT2D eigenvalue weighted by molar-refractivity contribution is 5.87. The van der Waals surface area contributed by atoms with E-state index >= 15 is 0 Å². The number of aromatic nitrogens is 1. The standard InChI is InChI=1S/C16H20N2O2/c1-3-6-13-15-11(9-14(17-13)16(19)20-2)10-7-4-5-8-12(10)18-15/h4-5,7-8,13-14,17-18H,3,6,9H2,1-2H3/t13-,14+/m1/s1. The Morgan fingerprint density at radius 2 is 2.20 bits per heavy atom. The molecule has 20 heavy (non-hydrogen) atoms. The second-order valence-electron chi connectivity index (χ2n) is 5.35. The molecule has 106 valence electrons. The lowest BCUT2D eigenvalue weighted by atomic mass is 9.92. The molecule has 0 aliphatic carbocycles. The summed E-state index contributed by atoms with van der Waals surface area (Å²) in [6, 6.07) is 8.23. The molecule has 4 heteroatoms. The molecule has 0 fully saturated rings. The van der Waals surface area contributed by atoms with E-state index in [1.807, 2.05) is 12.1 Å². The lowest BCUT2D eigenvalue weighted by Gasteiger charge is -2.29. The summed E-state index contributed by atoms with van der Waals surface area (Å²) in [5, 5.41) is 4.64. The minimum Gasteiger partial charge on any atom is -0.468 e. The Kier molecular flexibility index (Phi) is 3.49. The van der Waals surface area contributed by atoms with E-state index < -0.39 is 0 Å². The molecule has 0 unspecified atom stereocenters. The van der Waals surface area contributed by atoms with Gasteiger partial charge in [-0.1, -0.05) is 31.5 Å². The highest BCUT2D eigenvalue weighted by Gasteiger charge is 2.32. The van der Waals surface area contributed by atoms with E-state index in [4.69, 9.17) is 4.74 Å². The van der Waals surface area contributed by atoms with Crippen LogP contribution in [0.1, 0.15) is 37.1 Å². The molecular weight excluding hydrogens is 252 g/mol. The van der Waals surface area contributed by atoms with Gasteiger partial charge in [-0.2, -0.15) is 0 Å². The van der Waals surface area contributed by atoms with E-state index in [0.717, 1.165) is 18.4 Å². The minimum absolute atomic E-state index is 0.179. The molecule has 0 saturated carbocycles. The van der Waals surface area contributed by atoms with Crippen LogP contribution < -0.4 is 5.32 Å². The maximum absolute atomic E-state index is 11.9. The van der Waals surface area contributed by atoms with Crippen molar-refractivity contribution < 1.29 is 9.53 Å². The van der Waals surface area contributed by atoms with Crippen molar-refractivity contribution in [3.05, 3.63) is 35.5 Å². The number of H-pyrrole nitrogens is 1. The molecule has 2 atom stereocenters. The molecule has 1 aromatic carbocycles. The van der Waals surface area contributed by atoms with Crippen molar-refractivity contribution in [1.29, 1.82) is 0 Å². The van der Waals surface area contributed by atoms with Crippen LogP contribution in [0.25, 0.3) is 10.9 Å². The van der Waals surface area contributed by atoms with Gasteiger partial charge < -0.3 is 9.72 Å². The van der Waals surface area contributed by atoms with Gasteiger partial charge in [-0.05, 0) is 18.1 Å². The normalized spacial score (nSPS) is 21.7. The Morgan fingerprint density at radius 1 is 1.40 bits per heavy atom. The number of fused-ring (bicyclic) bond motifs is 3. The number of hydrogen-bond acceptors (Lipinski definition) is 3. The summed E-state index contributed by atoms with van der Waals surface area (Å²) >= 11 is 0. The Hall–Kier alpha value is -1.81. The number of carbonyl (C=O) groups excluding carboxylic acids is 1. The fourth-order valence-electron chi connectivity index (χ4n) is 3.14.